The number of nitrogens with one attached hydrogen (secondary N) is 1. The van der Waals surface area contributed by atoms with Crippen LogP contribution in [0.4, 0.5) is 0 Å². The smallest absolute Gasteiger partial charge is 0.0462 e. The van der Waals surface area contributed by atoms with Gasteiger partial charge in [-0.2, -0.15) is 0 Å². The third kappa shape index (κ3) is 1.71. The molecule has 3 heteroatoms. The molecule has 0 spiro atoms. The molecule has 0 saturated carbocycles. The molecule has 0 radical (unpaired) electrons. The molecule has 0 amide bonds. The number of likely N-dealkylation sites (N-methyl/N-ethyl adjacent to an activating group) is 1. The number of alkyl halides is 1. The summed E-state index contributed by atoms with van der Waals surface area (Å²) in [5.41, 5.74) is 5.76. The van der Waals surface area contributed by atoms with Gasteiger partial charge in [-0.15, -0.1) is 0 Å². The minimum Gasteiger partial charge on any atom is -0.361 e. The number of nitrogens with zero attached hydrogens (tertiary/aromatic N) is 1. The van der Waals surface area contributed by atoms with Crippen molar-refractivity contribution in [2.24, 2.45) is 5.92 Å². The molecule has 2 aromatic rings. The van der Waals surface area contributed by atoms with E-state index < -0.39 is 0 Å². The van der Waals surface area contributed by atoms with Gasteiger partial charge in [0, 0.05) is 34.1 Å². The van der Waals surface area contributed by atoms with Crippen molar-refractivity contribution in [1.29, 1.82) is 0 Å². The Balaban J connectivity index is 1.97. The highest BCUT2D eigenvalue weighted by atomic mass is 127. The van der Waals surface area contributed by atoms with E-state index in [2.05, 4.69) is 70.0 Å². The summed E-state index contributed by atoms with van der Waals surface area (Å²) in [6.45, 7) is 1.19. The third-order valence-electron chi connectivity index (χ3n) is 4.54. The molecule has 2 atom stereocenters. The van der Waals surface area contributed by atoms with Gasteiger partial charge < -0.3 is 4.98 Å². The minimum atomic E-state index is 0.563. The van der Waals surface area contributed by atoms with Crippen LogP contribution in [0.15, 0.2) is 30.5 Å². The molecule has 2 aliphatic rings. The lowest BCUT2D eigenvalue weighted by molar-refractivity contribution is 0.254. The molecule has 0 saturated heterocycles. The number of hydrogen-bond donors (Lipinski definition) is 1. The highest BCUT2D eigenvalue weighted by molar-refractivity contribution is 14.1. The van der Waals surface area contributed by atoms with Crippen molar-refractivity contribution in [3.05, 3.63) is 41.6 Å². The molecule has 1 aliphatic heterocycles. The van der Waals surface area contributed by atoms with Gasteiger partial charge in [0.2, 0.25) is 0 Å². The second-order valence-electron chi connectivity index (χ2n) is 5.74. The first-order valence-corrected chi connectivity index (χ1v) is 8.37. The number of H-pyrrole nitrogens is 1. The summed E-state index contributed by atoms with van der Waals surface area (Å²) in [5, 5.41) is 1.45. The summed E-state index contributed by atoms with van der Waals surface area (Å²) < 4.78 is 1.20. The number of halogens is 1. The van der Waals surface area contributed by atoms with Gasteiger partial charge in [-0.05, 0) is 42.2 Å². The van der Waals surface area contributed by atoms with Crippen molar-refractivity contribution in [3.8, 4) is 0 Å². The quantitative estimate of drug-likeness (QED) is 0.607. The van der Waals surface area contributed by atoms with E-state index in [0.29, 0.717) is 12.0 Å². The van der Waals surface area contributed by atoms with Gasteiger partial charge in [0.25, 0.3) is 0 Å². The zero-order valence-corrected chi connectivity index (χ0v) is 13.1. The lowest BCUT2D eigenvalue weighted by Crippen LogP contribution is -2.42. The molecule has 1 N–H and O–H groups in total. The van der Waals surface area contributed by atoms with E-state index >= 15 is 0 Å². The van der Waals surface area contributed by atoms with E-state index in [0.717, 1.165) is 6.42 Å². The molecule has 19 heavy (non-hydrogen) atoms. The van der Waals surface area contributed by atoms with E-state index in [1.54, 1.807) is 5.57 Å². The van der Waals surface area contributed by atoms with Crippen LogP contribution in [0.1, 0.15) is 11.1 Å². The summed E-state index contributed by atoms with van der Waals surface area (Å²) >= 11 is 2.51. The molecular weight excluding hydrogens is 347 g/mol. The monoisotopic (exact) mass is 364 g/mol. The van der Waals surface area contributed by atoms with E-state index in [1.807, 2.05) is 0 Å². The summed E-state index contributed by atoms with van der Waals surface area (Å²) in [7, 11) is 2.27. The Morgan fingerprint density at radius 3 is 3.16 bits per heavy atom. The first kappa shape index (κ1) is 12.0. The van der Waals surface area contributed by atoms with Crippen LogP contribution < -0.4 is 0 Å². The van der Waals surface area contributed by atoms with Gasteiger partial charge >= 0.3 is 0 Å². The lowest BCUT2D eigenvalue weighted by Gasteiger charge is -2.39. The molecule has 0 bridgehead atoms. The molecule has 1 unspecified atom stereocenters. The standard InChI is InChI=1S/C16H17IN2/c1-19-9-10(7-17)5-13-12-3-2-4-14-16(12)11(8-18-14)6-15(13)19/h2-5,8,10,15,18H,6-7,9H2,1H3/t10?,15-/m1/s1. The Kier molecular flexibility index (Phi) is 2.74. The Morgan fingerprint density at radius 1 is 1.42 bits per heavy atom. The van der Waals surface area contributed by atoms with E-state index in [9.17, 15) is 0 Å². The molecule has 2 heterocycles. The van der Waals surface area contributed by atoms with Crippen LogP contribution >= 0.6 is 22.6 Å². The first-order chi connectivity index (χ1) is 9.28. The fourth-order valence-electron chi connectivity index (χ4n) is 3.65. The number of fused-ring (bicyclic) bond motifs is 2. The number of hydrogen-bond acceptors (Lipinski definition) is 1. The Hall–Kier alpha value is -0.810. The predicted octanol–water partition coefficient (Wildman–Crippen LogP) is 3.47. The van der Waals surface area contributed by atoms with Crippen LogP contribution in [0.5, 0.6) is 0 Å². The molecule has 4 rings (SSSR count). The summed E-state index contributed by atoms with van der Waals surface area (Å²) in [6.07, 6.45) is 5.87. The molecule has 1 aromatic heterocycles. The second kappa shape index (κ2) is 4.35. The van der Waals surface area contributed by atoms with E-state index in [1.165, 1.54) is 33.0 Å². The summed E-state index contributed by atoms with van der Waals surface area (Å²) in [5.74, 6) is 0.688. The maximum Gasteiger partial charge on any atom is 0.0462 e. The molecule has 2 nitrogen and oxygen atoms in total. The average molecular weight is 364 g/mol. The Morgan fingerprint density at radius 2 is 2.32 bits per heavy atom. The number of aromatic amines is 1. The maximum atomic E-state index is 3.42. The summed E-state index contributed by atoms with van der Waals surface area (Å²) in [6, 6.07) is 7.22. The first-order valence-electron chi connectivity index (χ1n) is 6.85. The van der Waals surface area contributed by atoms with Gasteiger partial charge in [-0.3, -0.25) is 4.90 Å². The Bertz CT molecular complexity index is 670. The zero-order chi connectivity index (χ0) is 13.0. The minimum absolute atomic E-state index is 0.563. The molecule has 1 aliphatic carbocycles. The summed E-state index contributed by atoms with van der Waals surface area (Å²) in [4.78, 5) is 5.96. The Labute approximate surface area is 127 Å². The van der Waals surface area contributed by atoms with Crippen molar-refractivity contribution in [2.75, 3.05) is 18.0 Å². The third-order valence-corrected chi connectivity index (χ3v) is 5.67. The van der Waals surface area contributed by atoms with E-state index in [4.69, 9.17) is 0 Å². The normalized spacial score (nSPS) is 26.3. The predicted molar refractivity (Wildman–Crippen MR) is 88.8 cm³/mol. The van der Waals surface area contributed by atoms with Gasteiger partial charge in [0.1, 0.15) is 0 Å². The lowest BCUT2D eigenvalue weighted by atomic mass is 9.80. The molecular formula is C16H17IN2. The van der Waals surface area contributed by atoms with Gasteiger partial charge in [0.05, 0.1) is 0 Å². The van der Waals surface area contributed by atoms with Crippen LogP contribution in [0.25, 0.3) is 16.5 Å². The van der Waals surface area contributed by atoms with Crippen molar-refractivity contribution in [3.63, 3.8) is 0 Å². The van der Waals surface area contributed by atoms with Crippen molar-refractivity contribution < 1.29 is 0 Å². The SMILES string of the molecule is CN1CC(CI)C=C2c3cccc4[nH]cc(c34)C[C@H]21. The fourth-order valence-corrected chi connectivity index (χ4v) is 4.18. The largest absolute Gasteiger partial charge is 0.361 e. The van der Waals surface area contributed by atoms with Crippen molar-refractivity contribution in [1.82, 2.24) is 9.88 Å². The zero-order valence-electron chi connectivity index (χ0n) is 11.0. The van der Waals surface area contributed by atoms with Crippen LogP contribution in [0.2, 0.25) is 0 Å². The number of aromatic nitrogens is 1. The number of rotatable bonds is 1. The topological polar surface area (TPSA) is 19.0 Å². The van der Waals surface area contributed by atoms with E-state index in [-0.39, 0.29) is 0 Å². The molecule has 0 fully saturated rings. The molecule has 98 valence electrons. The van der Waals surface area contributed by atoms with Crippen molar-refractivity contribution in [2.45, 2.75) is 12.5 Å². The van der Waals surface area contributed by atoms with Crippen LogP contribution in [0.3, 0.4) is 0 Å². The second-order valence-corrected chi connectivity index (χ2v) is 6.62. The highest BCUT2D eigenvalue weighted by Gasteiger charge is 2.33. The fraction of sp³-hybridized carbons (Fsp3) is 0.375. The number of benzene rings is 1. The van der Waals surface area contributed by atoms with Crippen LogP contribution in [0, 0.1) is 5.92 Å². The highest BCUT2D eigenvalue weighted by Crippen LogP contribution is 2.40. The van der Waals surface area contributed by atoms with Crippen LogP contribution in [-0.4, -0.2) is 33.9 Å². The van der Waals surface area contributed by atoms with Gasteiger partial charge in [-0.25, -0.2) is 0 Å². The maximum absolute atomic E-state index is 3.42. The van der Waals surface area contributed by atoms with Gasteiger partial charge in [-0.1, -0.05) is 40.8 Å². The van der Waals surface area contributed by atoms with Crippen LogP contribution in [-0.2, 0) is 6.42 Å². The molecule has 1 aromatic carbocycles. The van der Waals surface area contributed by atoms with Gasteiger partial charge in [0.15, 0.2) is 0 Å². The van der Waals surface area contributed by atoms with Crippen molar-refractivity contribution >= 4 is 39.1 Å². The average Bonchev–Trinajstić information content (AvgIpc) is 2.85.